The molecule has 2 aromatic rings. The summed E-state index contributed by atoms with van der Waals surface area (Å²) in [7, 11) is 0. The fraction of sp³-hybridized carbons (Fsp3) is 0.214. The lowest BCUT2D eigenvalue weighted by molar-refractivity contribution is 0.695. The molecule has 0 saturated heterocycles. The second kappa shape index (κ2) is 6.02. The summed E-state index contributed by atoms with van der Waals surface area (Å²) < 4.78 is 0. The maximum atomic E-state index is 5.25. The van der Waals surface area contributed by atoms with E-state index >= 15 is 0 Å². The van der Waals surface area contributed by atoms with Crippen LogP contribution in [-0.4, -0.2) is 19.0 Å². The Bertz CT molecular complexity index is 544. The largest absolute Gasteiger partial charge is 0.370 e. The molecule has 2 rings (SSSR count). The lowest BCUT2D eigenvalue weighted by Crippen LogP contribution is -2.25. The fourth-order valence-corrected chi connectivity index (χ4v) is 1.85. The van der Waals surface area contributed by atoms with E-state index in [0.717, 1.165) is 13.1 Å². The Morgan fingerprint density at radius 2 is 1.83 bits per heavy atom. The van der Waals surface area contributed by atoms with E-state index in [0.29, 0.717) is 6.54 Å². The van der Waals surface area contributed by atoms with Gasteiger partial charge >= 0.3 is 0 Å². The molecule has 4 nitrogen and oxygen atoms in total. The highest BCUT2D eigenvalue weighted by atomic mass is 15.0. The summed E-state index contributed by atoms with van der Waals surface area (Å²) in [5.41, 5.74) is 11.8. The van der Waals surface area contributed by atoms with Crippen LogP contribution in [-0.2, 0) is 6.54 Å². The number of aliphatic imine (C=N–C) groups is 1. The van der Waals surface area contributed by atoms with Crippen molar-refractivity contribution in [3.05, 3.63) is 48.0 Å². The number of guanidine groups is 1. The van der Waals surface area contributed by atoms with Crippen molar-refractivity contribution in [2.24, 2.45) is 16.5 Å². The fourth-order valence-electron chi connectivity index (χ4n) is 1.85. The van der Waals surface area contributed by atoms with Crippen molar-refractivity contribution < 1.29 is 0 Å². The molecular weight excluding hydrogens is 224 g/mol. The molecule has 18 heavy (non-hydrogen) atoms. The van der Waals surface area contributed by atoms with Gasteiger partial charge in [-0.15, -0.1) is 0 Å². The SMILES string of the molecule is NC(N)=NCCNCc1ccc2ccccc2c1. The van der Waals surface area contributed by atoms with E-state index in [1.54, 1.807) is 0 Å². The molecule has 0 saturated carbocycles. The molecule has 0 amide bonds. The van der Waals surface area contributed by atoms with E-state index < -0.39 is 0 Å². The highest BCUT2D eigenvalue weighted by Crippen LogP contribution is 2.15. The summed E-state index contributed by atoms with van der Waals surface area (Å²) in [6.45, 7) is 2.20. The molecule has 0 aliphatic carbocycles. The van der Waals surface area contributed by atoms with E-state index in [1.165, 1.54) is 16.3 Å². The number of nitrogens with one attached hydrogen (secondary N) is 1. The van der Waals surface area contributed by atoms with Crippen LogP contribution in [0.2, 0.25) is 0 Å². The maximum absolute atomic E-state index is 5.25. The maximum Gasteiger partial charge on any atom is 0.185 e. The van der Waals surface area contributed by atoms with Gasteiger partial charge in [0.25, 0.3) is 0 Å². The van der Waals surface area contributed by atoms with Crippen LogP contribution < -0.4 is 16.8 Å². The lowest BCUT2D eigenvalue weighted by Gasteiger charge is -2.05. The number of hydrogen-bond acceptors (Lipinski definition) is 2. The molecule has 0 bridgehead atoms. The van der Waals surface area contributed by atoms with Gasteiger partial charge in [-0.2, -0.15) is 0 Å². The molecule has 4 heteroatoms. The molecule has 94 valence electrons. The lowest BCUT2D eigenvalue weighted by atomic mass is 10.1. The monoisotopic (exact) mass is 242 g/mol. The summed E-state index contributed by atoms with van der Waals surface area (Å²) in [6.07, 6.45) is 0. The van der Waals surface area contributed by atoms with Gasteiger partial charge in [-0.25, -0.2) is 0 Å². The summed E-state index contributed by atoms with van der Waals surface area (Å²) in [4.78, 5) is 3.92. The summed E-state index contributed by atoms with van der Waals surface area (Å²) in [5.74, 6) is 0.141. The topological polar surface area (TPSA) is 76.4 Å². The van der Waals surface area contributed by atoms with Gasteiger partial charge in [0.15, 0.2) is 5.96 Å². The standard InChI is InChI=1S/C14H18N4/c15-14(16)18-8-7-17-10-11-5-6-12-3-1-2-4-13(12)9-11/h1-6,9,17H,7-8,10H2,(H4,15,16,18). The van der Waals surface area contributed by atoms with Crippen LogP contribution in [0.5, 0.6) is 0 Å². The third-order valence-electron chi connectivity index (χ3n) is 2.73. The van der Waals surface area contributed by atoms with Crippen molar-refractivity contribution >= 4 is 16.7 Å². The molecule has 0 atom stereocenters. The van der Waals surface area contributed by atoms with Crippen LogP contribution in [0, 0.1) is 0 Å². The first-order valence-corrected chi connectivity index (χ1v) is 5.99. The van der Waals surface area contributed by atoms with Crippen LogP contribution in [0.3, 0.4) is 0 Å². The van der Waals surface area contributed by atoms with Gasteiger partial charge in [-0.3, -0.25) is 4.99 Å². The predicted molar refractivity (Wildman–Crippen MR) is 76.3 cm³/mol. The summed E-state index contributed by atoms with van der Waals surface area (Å²) in [5, 5.41) is 5.83. The molecular formula is C14H18N4. The Morgan fingerprint density at radius 3 is 2.61 bits per heavy atom. The molecule has 0 aliphatic heterocycles. The molecule has 0 heterocycles. The number of hydrogen-bond donors (Lipinski definition) is 3. The van der Waals surface area contributed by atoms with Gasteiger partial charge in [-0.05, 0) is 22.4 Å². The zero-order chi connectivity index (χ0) is 12.8. The van der Waals surface area contributed by atoms with E-state index in [-0.39, 0.29) is 5.96 Å². The van der Waals surface area contributed by atoms with Gasteiger partial charge in [-0.1, -0.05) is 36.4 Å². The minimum Gasteiger partial charge on any atom is -0.370 e. The van der Waals surface area contributed by atoms with Crippen LogP contribution in [0.25, 0.3) is 10.8 Å². The quantitative estimate of drug-likeness (QED) is 0.419. The van der Waals surface area contributed by atoms with Crippen LogP contribution in [0.1, 0.15) is 5.56 Å². The molecule has 2 aromatic carbocycles. The van der Waals surface area contributed by atoms with Crippen molar-refractivity contribution in [3.8, 4) is 0 Å². The van der Waals surface area contributed by atoms with Gasteiger partial charge in [0, 0.05) is 13.1 Å². The first-order chi connectivity index (χ1) is 8.75. The third kappa shape index (κ3) is 3.46. The normalized spacial score (nSPS) is 10.4. The molecule has 0 fully saturated rings. The van der Waals surface area contributed by atoms with Gasteiger partial charge < -0.3 is 16.8 Å². The van der Waals surface area contributed by atoms with Crippen molar-refractivity contribution in [3.63, 3.8) is 0 Å². The van der Waals surface area contributed by atoms with Gasteiger partial charge in [0.1, 0.15) is 0 Å². The van der Waals surface area contributed by atoms with E-state index in [1.807, 2.05) is 0 Å². The first kappa shape index (κ1) is 12.4. The summed E-state index contributed by atoms with van der Waals surface area (Å²) >= 11 is 0. The molecule has 0 spiro atoms. The molecule has 0 unspecified atom stereocenters. The first-order valence-electron chi connectivity index (χ1n) is 5.99. The Hall–Kier alpha value is -2.07. The minimum atomic E-state index is 0.141. The number of rotatable bonds is 5. The number of nitrogens with two attached hydrogens (primary N) is 2. The second-order valence-corrected chi connectivity index (χ2v) is 4.16. The smallest absolute Gasteiger partial charge is 0.185 e. The summed E-state index contributed by atoms with van der Waals surface area (Å²) in [6, 6.07) is 14.8. The second-order valence-electron chi connectivity index (χ2n) is 4.16. The number of fused-ring (bicyclic) bond motifs is 1. The minimum absolute atomic E-state index is 0.141. The predicted octanol–water partition coefficient (Wildman–Crippen LogP) is 1.20. The van der Waals surface area contributed by atoms with Crippen molar-refractivity contribution in [1.29, 1.82) is 0 Å². The van der Waals surface area contributed by atoms with E-state index in [9.17, 15) is 0 Å². The van der Waals surface area contributed by atoms with E-state index in [2.05, 4.69) is 52.8 Å². The van der Waals surface area contributed by atoms with Crippen molar-refractivity contribution in [2.75, 3.05) is 13.1 Å². The Kier molecular flexibility index (Phi) is 4.15. The number of benzene rings is 2. The Morgan fingerprint density at radius 1 is 1.06 bits per heavy atom. The van der Waals surface area contributed by atoms with Crippen molar-refractivity contribution in [2.45, 2.75) is 6.54 Å². The van der Waals surface area contributed by atoms with Crippen LogP contribution in [0.4, 0.5) is 0 Å². The molecule has 0 aromatic heterocycles. The Labute approximate surface area is 107 Å². The highest BCUT2D eigenvalue weighted by Gasteiger charge is 1.95. The Balaban J connectivity index is 1.90. The number of nitrogens with zero attached hydrogens (tertiary/aromatic N) is 1. The zero-order valence-corrected chi connectivity index (χ0v) is 10.3. The molecule has 5 N–H and O–H groups in total. The third-order valence-corrected chi connectivity index (χ3v) is 2.73. The zero-order valence-electron chi connectivity index (χ0n) is 10.3. The molecule has 0 radical (unpaired) electrons. The highest BCUT2D eigenvalue weighted by molar-refractivity contribution is 5.82. The van der Waals surface area contributed by atoms with Gasteiger partial charge in [0.05, 0.1) is 6.54 Å². The van der Waals surface area contributed by atoms with E-state index in [4.69, 9.17) is 11.5 Å². The average molecular weight is 242 g/mol. The van der Waals surface area contributed by atoms with Crippen LogP contribution >= 0.6 is 0 Å². The van der Waals surface area contributed by atoms with Crippen molar-refractivity contribution in [1.82, 2.24) is 5.32 Å². The average Bonchev–Trinajstić information content (AvgIpc) is 2.38. The van der Waals surface area contributed by atoms with Crippen LogP contribution in [0.15, 0.2) is 47.5 Å². The molecule has 0 aliphatic rings. The van der Waals surface area contributed by atoms with Gasteiger partial charge in [0.2, 0.25) is 0 Å².